The quantitative estimate of drug-likeness (QED) is 0.711. The van der Waals surface area contributed by atoms with Gasteiger partial charge in [0.15, 0.2) is 5.78 Å². The van der Waals surface area contributed by atoms with Gasteiger partial charge < -0.3 is 4.74 Å². The van der Waals surface area contributed by atoms with Crippen LogP contribution < -0.4 is 0 Å². The Bertz CT molecular complexity index is 511. The fraction of sp³-hybridized carbons (Fsp3) is 0.250. The van der Waals surface area contributed by atoms with E-state index in [-0.39, 0.29) is 30.1 Å². The molecule has 0 spiro atoms. The number of benzene rings is 1. The zero-order chi connectivity index (χ0) is 13.1. The first-order chi connectivity index (χ1) is 8.63. The molecule has 0 N–H and O–H groups in total. The highest BCUT2D eigenvalue weighted by atomic mass is 16.7. The minimum absolute atomic E-state index is 0.103. The Morgan fingerprint density at radius 1 is 1.28 bits per heavy atom. The SMILES string of the molecule is COC(=O)c1ccccc1C(=O)N1CC(=O)CO1. The number of hydrogen-bond donors (Lipinski definition) is 0. The van der Waals surface area contributed by atoms with Gasteiger partial charge in [0.1, 0.15) is 13.2 Å². The van der Waals surface area contributed by atoms with Crippen LogP contribution in [0, 0.1) is 0 Å². The van der Waals surface area contributed by atoms with Crippen molar-refractivity contribution in [2.45, 2.75) is 0 Å². The summed E-state index contributed by atoms with van der Waals surface area (Å²) >= 11 is 0. The van der Waals surface area contributed by atoms with Crippen LogP contribution in [0.3, 0.4) is 0 Å². The summed E-state index contributed by atoms with van der Waals surface area (Å²) in [7, 11) is 1.24. The molecule has 0 unspecified atom stereocenters. The smallest absolute Gasteiger partial charge is 0.338 e. The molecule has 1 aromatic rings. The molecule has 0 atom stereocenters. The summed E-state index contributed by atoms with van der Waals surface area (Å²) < 4.78 is 4.59. The van der Waals surface area contributed by atoms with E-state index in [2.05, 4.69) is 4.74 Å². The zero-order valence-electron chi connectivity index (χ0n) is 9.71. The lowest BCUT2D eigenvalue weighted by atomic mass is 10.1. The van der Waals surface area contributed by atoms with E-state index in [9.17, 15) is 14.4 Å². The van der Waals surface area contributed by atoms with Crippen LogP contribution in [0.1, 0.15) is 20.7 Å². The van der Waals surface area contributed by atoms with E-state index in [1.807, 2.05) is 0 Å². The van der Waals surface area contributed by atoms with Gasteiger partial charge in [0.2, 0.25) is 0 Å². The van der Waals surface area contributed by atoms with Gasteiger partial charge in [0.25, 0.3) is 5.91 Å². The van der Waals surface area contributed by atoms with Crippen LogP contribution in [0.4, 0.5) is 0 Å². The average molecular weight is 249 g/mol. The fourth-order valence-corrected chi connectivity index (χ4v) is 1.62. The molecule has 0 saturated carbocycles. The van der Waals surface area contributed by atoms with Crippen molar-refractivity contribution in [2.75, 3.05) is 20.3 Å². The molecule has 1 fully saturated rings. The Balaban J connectivity index is 2.30. The van der Waals surface area contributed by atoms with Crippen molar-refractivity contribution in [3.05, 3.63) is 35.4 Å². The first-order valence-corrected chi connectivity index (χ1v) is 5.27. The maximum Gasteiger partial charge on any atom is 0.338 e. The normalized spacial score (nSPS) is 14.7. The highest BCUT2D eigenvalue weighted by molar-refractivity contribution is 6.06. The Morgan fingerprint density at radius 3 is 2.50 bits per heavy atom. The van der Waals surface area contributed by atoms with Crippen LogP contribution in [0.15, 0.2) is 24.3 Å². The van der Waals surface area contributed by atoms with Gasteiger partial charge in [-0.25, -0.2) is 9.86 Å². The van der Waals surface area contributed by atoms with Crippen LogP contribution in [0.25, 0.3) is 0 Å². The first kappa shape index (κ1) is 12.3. The van der Waals surface area contributed by atoms with Gasteiger partial charge in [-0.05, 0) is 12.1 Å². The van der Waals surface area contributed by atoms with E-state index in [4.69, 9.17) is 4.84 Å². The molecule has 6 nitrogen and oxygen atoms in total. The average Bonchev–Trinajstić information content (AvgIpc) is 2.83. The number of hydrogen-bond acceptors (Lipinski definition) is 5. The molecule has 0 aromatic heterocycles. The standard InChI is InChI=1S/C12H11NO5/c1-17-12(16)10-5-3-2-4-9(10)11(15)13-6-8(14)7-18-13/h2-5H,6-7H2,1H3. The molecule has 0 bridgehead atoms. The predicted molar refractivity (Wildman–Crippen MR) is 59.8 cm³/mol. The maximum atomic E-state index is 12.1. The van der Waals surface area contributed by atoms with E-state index in [0.29, 0.717) is 0 Å². The molecular weight excluding hydrogens is 238 g/mol. The summed E-state index contributed by atoms with van der Waals surface area (Å²) in [6.45, 7) is -0.222. The van der Waals surface area contributed by atoms with Gasteiger partial charge in [-0.15, -0.1) is 0 Å². The number of carbonyl (C=O) groups is 3. The minimum atomic E-state index is -0.607. The van der Waals surface area contributed by atoms with Crippen molar-refractivity contribution in [2.24, 2.45) is 0 Å². The predicted octanol–water partition coefficient (Wildman–Crippen LogP) is 0.430. The van der Waals surface area contributed by atoms with Crippen molar-refractivity contribution < 1.29 is 24.0 Å². The third-order valence-electron chi connectivity index (χ3n) is 2.49. The summed E-state index contributed by atoms with van der Waals surface area (Å²) in [5.41, 5.74) is 0.298. The van der Waals surface area contributed by atoms with E-state index < -0.39 is 11.9 Å². The van der Waals surface area contributed by atoms with Crippen molar-refractivity contribution in [1.29, 1.82) is 0 Å². The molecule has 1 heterocycles. The number of amides is 1. The molecule has 2 rings (SSSR count). The molecule has 18 heavy (non-hydrogen) atoms. The van der Waals surface area contributed by atoms with Crippen molar-refractivity contribution >= 4 is 17.7 Å². The number of ether oxygens (including phenoxy) is 1. The van der Waals surface area contributed by atoms with Gasteiger partial charge in [-0.3, -0.25) is 14.4 Å². The summed E-state index contributed by atoms with van der Waals surface area (Å²) in [5.74, 6) is -1.31. The molecule has 6 heteroatoms. The molecule has 94 valence electrons. The molecule has 0 aliphatic carbocycles. The molecule has 1 saturated heterocycles. The van der Waals surface area contributed by atoms with Gasteiger partial charge in [-0.1, -0.05) is 12.1 Å². The highest BCUT2D eigenvalue weighted by Crippen LogP contribution is 2.15. The number of Topliss-reactive ketones (excluding diaryl/α,β-unsaturated/α-hetero) is 1. The van der Waals surface area contributed by atoms with E-state index >= 15 is 0 Å². The largest absolute Gasteiger partial charge is 0.465 e. The lowest BCUT2D eigenvalue weighted by Crippen LogP contribution is -2.29. The first-order valence-electron chi connectivity index (χ1n) is 5.27. The second-order valence-corrected chi connectivity index (χ2v) is 3.69. The van der Waals surface area contributed by atoms with E-state index in [1.54, 1.807) is 12.1 Å². The summed E-state index contributed by atoms with van der Waals surface area (Å²) in [6, 6.07) is 6.22. The number of nitrogens with zero attached hydrogens (tertiary/aromatic N) is 1. The second-order valence-electron chi connectivity index (χ2n) is 3.69. The van der Waals surface area contributed by atoms with Crippen LogP contribution in [-0.2, 0) is 14.4 Å². The Kier molecular flexibility index (Phi) is 3.38. The second kappa shape index (κ2) is 4.97. The number of methoxy groups -OCH3 is 1. The van der Waals surface area contributed by atoms with Gasteiger partial charge in [-0.2, -0.15) is 0 Å². The highest BCUT2D eigenvalue weighted by Gasteiger charge is 2.29. The number of ketones is 1. The van der Waals surface area contributed by atoms with Crippen LogP contribution in [-0.4, -0.2) is 43.0 Å². The molecule has 1 amide bonds. The van der Waals surface area contributed by atoms with Crippen LogP contribution in [0.2, 0.25) is 0 Å². The molecule has 1 aliphatic heterocycles. The summed E-state index contributed by atoms with van der Waals surface area (Å²) in [5, 5.41) is 0.949. The fourth-order valence-electron chi connectivity index (χ4n) is 1.62. The minimum Gasteiger partial charge on any atom is -0.465 e. The summed E-state index contributed by atoms with van der Waals surface area (Å²) in [6.07, 6.45) is 0. The van der Waals surface area contributed by atoms with Gasteiger partial charge in [0, 0.05) is 0 Å². The number of hydroxylamine groups is 2. The maximum absolute atomic E-state index is 12.1. The number of esters is 1. The monoisotopic (exact) mass is 249 g/mol. The Labute approximate surface area is 103 Å². The topological polar surface area (TPSA) is 72.9 Å². The van der Waals surface area contributed by atoms with Crippen molar-refractivity contribution in [1.82, 2.24) is 5.06 Å². The number of carbonyl (C=O) groups excluding carboxylic acids is 3. The molecular formula is C12H11NO5. The lowest BCUT2D eigenvalue weighted by Gasteiger charge is -2.14. The molecule has 1 aliphatic rings. The van der Waals surface area contributed by atoms with Gasteiger partial charge in [0.05, 0.1) is 18.2 Å². The molecule has 1 aromatic carbocycles. The van der Waals surface area contributed by atoms with Crippen LogP contribution >= 0.6 is 0 Å². The van der Waals surface area contributed by atoms with Gasteiger partial charge >= 0.3 is 5.97 Å². The van der Waals surface area contributed by atoms with Crippen LogP contribution in [0.5, 0.6) is 0 Å². The Morgan fingerprint density at radius 2 is 1.94 bits per heavy atom. The lowest BCUT2D eigenvalue weighted by molar-refractivity contribution is -0.117. The van der Waals surface area contributed by atoms with Crippen molar-refractivity contribution in [3.8, 4) is 0 Å². The zero-order valence-corrected chi connectivity index (χ0v) is 9.71. The summed E-state index contributed by atoms with van der Waals surface area (Å²) in [4.78, 5) is 39.6. The third-order valence-corrected chi connectivity index (χ3v) is 2.49. The Hall–Kier alpha value is -2.21. The van der Waals surface area contributed by atoms with Crippen molar-refractivity contribution in [3.63, 3.8) is 0 Å². The molecule has 0 radical (unpaired) electrons. The van der Waals surface area contributed by atoms with E-state index in [1.165, 1.54) is 19.2 Å². The van der Waals surface area contributed by atoms with E-state index in [0.717, 1.165) is 5.06 Å². The third kappa shape index (κ3) is 2.23. The number of rotatable bonds is 2.